The van der Waals surface area contributed by atoms with Gasteiger partial charge in [-0.15, -0.1) is 22.9 Å². The van der Waals surface area contributed by atoms with E-state index in [1.165, 1.54) is 22.5 Å². The second kappa shape index (κ2) is 8.47. The van der Waals surface area contributed by atoms with Crippen molar-refractivity contribution in [2.75, 3.05) is 5.32 Å². The summed E-state index contributed by atoms with van der Waals surface area (Å²) in [7, 11) is 0. The van der Waals surface area contributed by atoms with Crippen LogP contribution in [0.5, 0.6) is 0 Å². The van der Waals surface area contributed by atoms with E-state index in [1.54, 1.807) is 0 Å². The quantitative estimate of drug-likeness (QED) is 0.547. The Morgan fingerprint density at radius 2 is 1.77 bits per heavy atom. The first-order valence-electron chi connectivity index (χ1n) is 8.56. The minimum atomic E-state index is -0.730. The third-order valence-corrected chi connectivity index (χ3v) is 5.49. The molecule has 1 aromatic heterocycles. The summed E-state index contributed by atoms with van der Waals surface area (Å²) in [5.41, 5.74) is 3.34. The number of halogens is 1. The lowest BCUT2D eigenvalue weighted by Gasteiger charge is -2.08. The first-order valence-corrected chi connectivity index (χ1v) is 9.81. The Hall–Kier alpha value is -2.17. The maximum Gasteiger partial charge on any atom is 0.248 e. The molecule has 0 spiro atoms. The number of nitrogens with one attached hydrogen (secondary N) is 1. The van der Waals surface area contributed by atoms with E-state index in [1.807, 2.05) is 36.5 Å². The Morgan fingerprint density at radius 1 is 1.08 bits per heavy atom. The molecule has 0 saturated heterocycles. The predicted octanol–water partition coefficient (Wildman–Crippen LogP) is 5.78. The van der Waals surface area contributed by atoms with Crippen LogP contribution in [0.25, 0.3) is 0 Å². The molecule has 0 aliphatic rings. The Labute approximate surface area is 163 Å². The maximum atomic E-state index is 12.3. The largest absolute Gasteiger partial charge is 0.300 e. The Bertz CT molecular complexity index is 859. The van der Waals surface area contributed by atoms with E-state index >= 15 is 0 Å². The van der Waals surface area contributed by atoms with Crippen molar-refractivity contribution in [3.63, 3.8) is 0 Å². The Balaban J connectivity index is 1.61. The van der Waals surface area contributed by atoms with Crippen molar-refractivity contribution in [2.24, 2.45) is 0 Å². The van der Waals surface area contributed by atoms with Gasteiger partial charge in [-0.3, -0.25) is 4.79 Å². The van der Waals surface area contributed by atoms with Crippen molar-refractivity contribution >= 4 is 34.0 Å². The summed E-state index contributed by atoms with van der Waals surface area (Å²) in [6.45, 7) is 4.37. The molecule has 1 N–H and O–H groups in total. The molecule has 0 radical (unpaired) electrons. The van der Waals surface area contributed by atoms with E-state index in [-0.39, 0.29) is 5.91 Å². The van der Waals surface area contributed by atoms with Gasteiger partial charge in [-0.05, 0) is 22.6 Å². The van der Waals surface area contributed by atoms with E-state index in [0.717, 1.165) is 16.9 Å². The molecule has 2 aromatic carbocycles. The summed E-state index contributed by atoms with van der Waals surface area (Å²) in [5, 5.41) is 2.65. The molecule has 3 nitrogen and oxygen atoms in total. The summed E-state index contributed by atoms with van der Waals surface area (Å²) in [6, 6.07) is 17.9. The number of carbonyl (C=O) groups is 1. The van der Waals surface area contributed by atoms with Gasteiger partial charge in [0.1, 0.15) is 5.38 Å². The highest BCUT2D eigenvalue weighted by Crippen LogP contribution is 2.26. The zero-order valence-corrected chi connectivity index (χ0v) is 16.3. The van der Waals surface area contributed by atoms with Crippen LogP contribution in [0.2, 0.25) is 0 Å². The van der Waals surface area contributed by atoms with Crippen LogP contribution in [0.4, 0.5) is 5.13 Å². The van der Waals surface area contributed by atoms with Crippen molar-refractivity contribution in [2.45, 2.75) is 31.6 Å². The van der Waals surface area contributed by atoms with Crippen molar-refractivity contribution in [1.29, 1.82) is 0 Å². The van der Waals surface area contributed by atoms with Crippen LogP contribution >= 0.6 is 22.9 Å². The molecular weight excluding hydrogens is 364 g/mol. The predicted molar refractivity (Wildman–Crippen MR) is 109 cm³/mol. The van der Waals surface area contributed by atoms with Crippen LogP contribution in [0.1, 0.15) is 46.7 Å². The average molecular weight is 385 g/mol. The number of alkyl halides is 1. The molecule has 0 bridgehead atoms. The summed E-state index contributed by atoms with van der Waals surface area (Å²) in [6.07, 6.45) is 2.61. The molecular formula is C21H21ClN2OS. The molecule has 0 aliphatic carbocycles. The van der Waals surface area contributed by atoms with Crippen LogP contribution in [0.3, 0.4) is 0 Å². The van der Waals surface area contributed by atoms with Crippen LogP contribution in [-0.4, -0.2) is 10.9 Å². The van der Waals surface area contributed by atoms with E-state index in [9.17, 15) is 4.79 Å². The van der Waals surface area contributed by atoms with Gasteiger partial charge in [0.25, 0.3) is 0 Å². The van der Waals surface area contributed by atoms with Crippen molar-refractivity contribution in [1.82, 2.24) is 4.98 Å². The number of anilines is 1. The molecule has 0 fully saturated rings. The van der Waals surface area contributed by atoms with Gasteiger partial charge in [0, 0.05) is 17.5 Å². The number of hydrogen-bond donors (Lipinski definition) is 1. The Kier molecular flexibility index (Phi) is 6.07. The minimum Gasteiger partial charge on any atom is -0.300 e. The second-order valence-corrected chi connectivity index (χ2v) is 8.02. The molecule has 1 atom stereocenters. The monoisotopic (exact) mass is 384 g/mol. The number of rotatable bonds is 6. The SMILES string of the molecule is CC(C)c1ccc(Cc2cnc(NC(=O)C(Cl)c3ccccc3)s2)cc1. The average Bonchev–Trinajstić information content (AvgIpc) is 3.09. The Morgan fingerprint density at radius 3 is 2.42 bits per heavy atom. The highest BCUT2D eigenvalue weighted by atomic mass is 35.5. The lowest BCUT2D eigenvalue weighted by molar-refractivity contribution is -0.116. The highest BCUT2D eigenvalue weighted by Gasteiger charge is 2.18. The van der Waals surface area contributed by atoms with Gasteiger partial charge in [0.15, 0.2) is 5.13 Å². The number of thiazole rings is 1. The number of carbonyl (C=O) groups excluding carboxylic acids is 1. The third-order valence-electron chi connectivity index (χ3n) is 4.13. The number of benzene rings is 2. The lowest BCUT2D eigenvalue weighted by Crippen LogP contribution is -2.17. The van der Waals surface area contributed by atoms with Crippen LogP contribution in [0, 0.1) is 0 Å². The molecule has 1 unspecified atom stereocenters. The summed E-state index contributed by atoms with van der Waals surface area (Å²) in [4.78, 5) is 17.7. The number of nitrogens with zero attached hydrogens (tertiary/aromatic N) is 1. The molecule has 3 rings (SSSR count). The van der Waals surface area contributed by atoms with Crippen LogP contribution in [0.15, 0.2) is 60.8 Å². The smallest absolute Gasteiger partial charge is 0.248 e. The molecule has 0 aliphatic heterocycles. The number of hydrogen-bond acceptors (Lipinski definition) is 3. The minimum absolute atomic E-state index is 0.264. The molecule has 3 aromatic rings. The highest BCUT2D eigenvalue weighted by molar-refractivity contribution is 7.15. The fourth-order valence-corrected chi connectivity index (χ4v) is 3.66. The zero-order chi connectivity index (χ0) is 18.5. The van der Waals surface area contributed by atoms with E-state index in [4.69, 9.17) is 11.6 Å². The van der Waals surface area contributed by atoms with E-state index in [0.29, 0.717) is 11.0 Å². The molecule has 1 amide bonds. The van der Waals surface area contributed by atoms with Crippen molar-refractivity contribution in [3.05, 3.63) is 82.4 Å². The first-order chi connectivity index (χ1) is 12.5. The summed E-state index contributed by atoms with van der Waals surface area (Å²) < 4.78 is 0. The van der Waals surface area contributed by atoms with Crippen LogP contribution < -0.4 is 5.32 Å². The lowest BCUT2D eigenvalue weighted by atomic mass is 10.0. The number of amides is 1. The third kappa shape index (κ3) is 4.71. The van der Waals surface area contributed by atoms with Crippen molar-refractivity contribution in [3.8, 4) is 0 Å². The maximum absolute atomic E-state index is 12.3. The van der Waals surface area contributed by atoms with Gasteiger partial charge in [-0.2, -0.15) is 0 Å². The van der Waals surface area contributed by atoms with Crippen LogP contribution in [-0.2, 0) is 11.2 Å². The van der Waals surface area contributed by atoms with Gasteiger partial charge in [-0.1, -0.05) is 68.4 Å². The molecule has 134 valence electrons. The topological polar surface area (TPSA) is 42.0 Å². The van der Waals surface area contributed by atoms with Gasteiger partial charge in [0.05, 0.1) is 0 Å². The van der Waals surface area contributed by atoms with E-state index in [2.05, 4.69) is 48.4 Å². The molecule has 1 heterocycles. The van der Waals surface area contributed by atoms with Gasteiger partial charge in [0.2, 0.25) is 5.91 Å². The summed E-state index contributed by atoms with van der Waals surface area (Å²) >= 11 is 7.73. The van der Waals surface area contributed by atoms with Gasteiger partial charge >= 0.3 is 0 Å². The zero-order valence-electron chi connectivity index (χ0n) is 14.8. The second-order valence-electron chi connectivity index (χ2n) is 6.47. The fraction of sp³-hybridized carbons (Fsp3) is 0.238. The molecule has 5 heteroatoms. The normalized spacial score (nSPS) is 12.2. The molecule has 26 heavy (non-hydrogen) atoms. The van der Waals surface area contributed by atoms with E-state index < -0.39 is 5.38 Å². The standard InChI is InChI=1S/C21H21ClN2OS/c1-14(2)16-10-8-15(9-11-16)12-18-13-23-21(26-18)24-20(25)19(22)17-6-4-3-5-7-17/h3-11,13-14,19H,12H2,1-2H3,(H,23,24,25). The summed E-state index contributed by atoms with van der Waals surface area (Å²) in [5.74, 6) is 0.266. The number of aromatic nitrogens is 1. The molecule has 0 saturated carbocycles. The van der Waals surface area contributed by atoms with Gasteiger partial charge in [-0.25, -0.2) is 4.98 Å². The first kappa shape index (κ1) is 18.6. The fourth-order valence-electron chi connectivity index (χ4n) is 2.61. The van der Waals surface area contributed by atoms with Crippen molar-refractivity contribution < 1.29 is 4.79 Å². The van der Waals surface area contributed by atoms with Gasteiger partial charge < -0.3 is 5.32 Å².